The Kier molecular flexibility index (Phi) is 6.25. The molecule has 3 aliphatic rings. The van der Waals surface area contributed by atoms with Gasteiger partial charge in [0.2, 0.25) is 0 Å². The minimum atomic E-state index is -0.832. The Morgan fingerprint density at radius 1 is 1.26 bits per heavy atom. The Morgan fingerprint density at radius 2 is 2.06 bits per heavy atom. The second-order valence-electron chi connectivity index (χ2n) is 9.27. The van der Waals surface area contributed by atoms with Crippen LogP contribution in [-0.4, -0.2) is 66.8 Å². The number of aromatic nitrogens is 4. The number of halogens is 1. The Labute approximate surface area is 188 Å². The molecule has 1 aliphatic heterocycles. The van der Waals surface area contributed by atoms with Crippen molar-refractivity contribution < 1.29 is 9.90 Å². The fourth-order valence-corrected chi connectivity index (χ4v) is 5.04. The van der Waals surface area contributed by atoms with E-state index in [1.807, 2.05) is 20.2 Å². The van der Waals surface area contributed by atoms with Crippen LogP contribution < -0.4 is 10.6 Å². The highest BCUT2D eigenvalue weighted by atomic mass is 35.5. The van der Waals surface area contributed by atoms with E-state index in [1.54, 1.807) is 4.90 Å². The number of hydrogen-bond acceptors (Lipinski definition) is 6. The average Bonchev–Trinajstić information content (AvgIpc) is 3.06. The van der Waals surface area contributed by atoms with Crippen molar-refractivity contribution in [1.82, 2.24) is 29.7 Å². The van der Waals surface area contributed by atoms with Crippen LogP contribution in [-0.2, 0) is 0 Å². The molecule has 3 N–H and O–H groups in total. The number of hydrogen-bond donors (Lipinski definition) is 3. The van der Waals surface area contributed by atoms with Crippen molar-refractivity contribution in [2.24, 2.45) is 0 Å². The van der Waals surface area contributed by atoms with Crippen molar-refractivity contribution in [3.8, 4) is 0 Å². The van der Waals surface area contributed by atoms with Crippen molar-refractivity contribution in [2.45, 2.75) is 82.5 Å². The third kappa shape index (κ3) is 4.30. The molecule has 3 atom stereocenters. The van der Waals surface area contributed by atoms with Crippen LogP contribution in [0.4, 0.5) is 10.6 Å². The molecule has 3 heterocycles. The number of carboxylic acid groups (broad SMARTS) is 1. The largest absolute Gasteiger partial charge is 0.465 e. The highest BCUT2D eigenvalue weighted by Gasteiger charge is 2.36. The van der Waals surface area contributed by atoms with Crippen LogP contribution >= 0.6 is 12.4 Å². The van der Waals surface area contributed by atoms with Crippen LogP contribution in [0.1, 0.15) is 70.2 Å². The molecular weight excluding hydrogens is 418 g/mol. The van der Waals surface area contributed by atoms with Gasteiger partial charge in [0, 0.05) is 36.6 Å². The van der Waals surface area contributed by atoms with Crippen LogP contribution in [0.15, 0.2) is 6.33 Å². The first-order chi connectivity index (χ1) is 14.5. The lowest BCUT2D eigenvalue weighted by atomic mass is 10.1. The fourth-order valence-electron chi connectivity index (χ4n) is 5.04. The lowest BCUT2D eigenvalue weighted by Gasteiger charge is -2.30. The number of imidazole rings is 1. The zero-order chi connectivity index (χ0) is 20.8. The van der Waals surface area contributed by atoms with Crippen molar-refractivity contribution in [3.05, 3.63) is 12.2 Å². The molecule has 170 valence electrons. The number of anilines is 1. The van der Waals surface area contributed by atoms with E-state index in [0.717, 1.165) is 74.4 Å². The van der Waals surface area contributed by atoms with Gasteiger partial charge in [-0.15, -0.1) is 12.4 Å². The molecule has 31 heavy (non-hydrogen) atoms. The van der Waals surface area contributed by atoms with Gasteiger partial charge >= 0.3 is 6.09 Å². The first-order valence-corrected chi connectivity index (χ1v) is 11.2. The maximum absolute atomic E-state index is 11.7. The van der Waals surface area contributed by atoms with E-state index in [-0.39, 0.29) is 30.5 Å². The second-order valence-corrected chi connectivity index (χ2v) is 9.27. The van der Waals surface area contributed by atoms with E-state index in [4.69, 9.17) is 15.0 Å². The predicted octanol–water partition coefficient (Wildman–Crippen LogP) is 3.38. The zero-order valence-electron chi connectivity index (χ0n) is 18.1. The Morgan fingerprint density at radius 3 is 2.71 bits per heavy atom. The van der Waals surface area contributed by atoms with Crippen molar-refractivity contribution >= 4 is 35.5 Å². The predicted molar refractivity (Wildman–Crippen MR) is 121 cm³/mol. The monoisotopic (exact) mass is 449 g/mol. The lowest BCUT2D eigenvalue weighted by Crippen LogP contribution is -2.42. The average molecular weight is 450 g/mol. The summed E-state index contributed by atoms with van der Waals surface area (Å²) >= 11 is 0. The van der Waals surface area contributed by atoms with E-state index in [1.165, 1.54) is 0 Å². The Balaban J connectivity index is 0.00000231. The van der Waals surface area contributed by atoms with Crippen molar-refractivity contribution in [2.75, 3.05) is 18.4 Å². The van der Waals surface area contributed by atoms with Crippen molar-refractivity contribution in [1.29, 1.82) is 0 Å². The normalized spacial score (nSPS) is 25.7. The van der Waals surface area contributed by atoms with Crippen LogP contribution in [0, 0.1) is 0 Å². The third-order valence-corrected chi connectivity index (χ3v) is 6.72. The molecule has 0 unspecified atom stereocenters. The van der Waals surface area contributed by atoms with Gasteiger partial charge in [0.15, 0.2) is 11.5 Å². The molecule has 1 amide bonds. The summed E-state index contributed by atoms with van der Waals surface area (Å²) in [5.74, 6) is 2.22. The molecule has 9 nitrogen and oxygen atoms in total. The van der Waals surface area contributed by atoms with Gasteiger partial charge in [0.05, 0.1) is 6.33 Å². The minimum Gasteiger partial charge on any atom is -0.465 e. The van der Waals surface area contributed by atoms with E-state index in [9.17, 15) is 9.90 Å². The van der Waals surface area contributed by atoms with Gasteiger partial charge in [-0.2, -0.15) is 0 Å². The van der Waals surface area contributed by atoms with Crippen LogP contribution in [0.3, 0.4) is 0 Å². The molecule has 5 rings (SSSR count). The summed E-state index contributed by atoms with van der Waals surface area (Å²) in [7, 11) is 0. The maximum atomic E-state index is 11.7. The van der Waals surface area contributed by atoms with Gasteiger partial charge in [0.1, 0.15) is 11.3 Å². The van der Waals surface area contributed by atoms with Gasteiger partial charge in [0.25, 0.3) is 0 Å². The number of nitrogens with zero attached hydrogens (tertiary/aromatic N) is 5. The van der Waals surface area contributed by atoms with Crippen molar-refractivity contribution in [3.63, 3.8) is 0 Å². The summed E-state index contributed by atoms with van der Waals surface area (Å²) < 4.78 is 2.17. The van der Waals surface area contributed by atoms with Gasteiger partial charge in [-0.1, -0.05) is 0 Å². The third-order valence-electron chi connectivity index (χ3n) is 6.72. The highest BCUT2D eigenvalue weighted by molar-refractivity contribution is 5.85. The first-order valence-electron chi connectivity index (χ1n) is 11.2. The topological polar surface area (TPSA) is 108 Å². The summed E-state index contributed by atoms with van der Waals surface area (Å²) in [6.07, 6.45) is 7.03. The molecular formula is C21H32ClN7O2. The molecule has 0 radical (unpaired) electrons. The quantitative estimate of drug-likeness (QED) is 0.620. The standard InChI is InChI=1S/C21H31N7O2.ClH/c1-12(2)28(21(29)30)16-6-5-15(9-16)27-11-23-17-19(24-14-7-8-22-10-14)25-18(13-3-4-13)26-20(17)27;/h11-16,22H,3-10H2,1-2H3,(H,29,30)(H,24,25,26);1H/t14-,15+,16-;/m0./s1. The van der Waals surface area contributed by atoms with E-state index < -0.39 is 6.09 Å². The minimum absolute atomic E-state index is 0. The van der Waals surface area contributed by atoms with E-state index in [0.29, 0.717) is 12.0 Å². The summed E-state index contributed by atoms with van der Waals surface area (Å²) in [5.41, 5.74) is 1.71. The summed E-state index contributed by atoms with van der Waals surface area (Å²) in [6.45, 7) is 5.85. The summed E-state index contributed by atoms with van der Waals surface area (Å²) in [6, 6.07) is 0.595. The number of nitrogens with one attached hydrogen (secondary N) is 2. The highest BCUT2D eigenvalue weighted by Crippen LogP contribution is 2.41. The first kappa shape index (κ1) is 22.1. The van der Waals surface area contributed by atoms with E-state index >= 15 is 0 Å². The molecule has 0 spiro atoms. The number of carbonyl (C=O) groups is 1. The van der Waals surface area contributed by atoms with Gasteiger partial charge < -0.3 is 25.2 Å². The molecule has 0 aromatic carbocycles. The van der Waals surface area contributed by atoms with Crippen LogP contribution in [0.5, 0.6) is 0 Å². The number of amides is 1. The zero-order valence-corrected chi connectivity index (χ0v) is 18.9. The molecule has 2 aromatic rings. The lowest BCUT2D eigenvalue weighted by molar-refractivity contribution is 0.107. The molecule has 0 bridgehead atoms. The van der Waals surface area contributed by atoms with Gasteiger partial charge in [-0.05, 0) is 58.9 Å². The molecule has 2 aromatic heterocycles. The Hall–Kier alpha value is -2.13. The van der Waals surface area contributed by atoms with Gasteiger partial charge in [-0.3, -0.25) is 0 Å². The summed E-state index contributed by atoms with van der Waals surface area (Å²) in [4.78, 5) is 27.8. The smallest absolute Gasteiger partial charge is 0.407 e. The fraction of sp³-hybridized carbons (Fsp3) is 0.714. The van der Waals surface area contributed by atoms with Crippen LogP contribution in [0.25, 0.3) is 11.2 Å². The molecule has 10 heteroatoms. The maximum Gasteiger partial charge on any atom is 0.407 e. The Bertz CT molecular complexity index is 939. The van der Waals surface area contributed by atoms with Crippen LogP contribution in [0.2, 0.25) is 0 Å². The molecule has 1 saturated heterocycles. The number of fused-ring (bicyclic) bond motifs is 1. The molecule has 2 saturated carbocycles. The SMILES string of the molecule is CC(C)N(C(=O)O)[C@H]1CC[C@@H](n2cnc3c(N[C@H]4CCNC4)nc(C4CC4)nc32)C1.Cl. The van der Waals surface area contributed by atoms with Gasteiger partial charge in [-0.25, -0.2) is 19.7 Å². The second kappa shape index (κ2) is 8.78. The molecule has 3 fully saturated rings. The number of rotatable bonds is 6. The van der Waals surface area contributed by atoms with E-state index in [2.05, 4.69) is 15.2 Å². The molecule has 2 aliphatic carbocycles. The summed E-state index contributed by atoms with van der Waals surface area (Å²) in [5, 5.41) is 16.6.